The van der Waals surface area contributed by atoms with Crippen molar-refractivity contribution in [3.05, 3.63) is 0 Å². The molecule has 0 saturated heterocycles. The summed E-state index contributed by atoms with van der Waals surface area (Å²) >= 11 is 0. The summed E-state index contributed by atoms with van der Waals surface area (Å²) in [4.78, 5) is 19.9. The number of carbonyl (C=O) groups excluding carboxylic acids is 1. The summed E-state index contributed by atoms with van der Waals surface area (Å²) in [5.41, 5.74) is 0. The van der Waals surface area contributed by atoms with Gasteiger partial charge < -0.3 is 49.7 Å². The lowest BCUT2D eigenvalue weighted by Crippen LogP contribution is -2.52. The molecule has 3 unspecified atom stereocenters. The molecule has 0 aliphatic rings. The molecule has 0 aliphatic heterocycles. The summed E-state index contributed by atoms with van der Waals surface area (Å²) in [6.07, 6.45) is -5.55. The van der Waals surface area contributed by atoms with Gasteiger partial charge in [0.2, 0.25) is 5.91 Å². The maximum atomic E-state index is 11.3. The lowest BCUT2D eigenvalue weighted by Gasteiger charge is -2.33. The third-order valence-corrected chi connectivity index (χ3v) is 3.64. The van der Waals surface area contributed by atoms with Gasteiger partial charge in [0.15, 0.2) is 15.3 Å². The highest BCUT2D eigenvalue weighted by molar-refractivity contribution is 7.24. The minimum atomic E-state index is -1.32. The van der Waals surface area contributed by atoms with E-state index in [1.54, 1.807) is 0 Å². The van der Waals surface area contributed by atoms with Crippen LogP contribution in [0.25, 0.3) is 0 Å². The van der Waals surface area contributed by atoms with Crippen molar-refractivity contribution < 1.29 is 49.2 Å². The zero-order valence-electron chi connectivity index (χ0n) is 14.8. The molecule has 0 aromatic rings. The molecule has 0 radical (unpaired) electrons. The SMILES string of the molecule is CC(=O)N[C@@H](CO)C(OC(CO)[C@H](C)O)O[C@H](CO)C[C@@H](O)COPO. The lowest BCUT2D eigenvalue weighted by molar-refractivity contribution is -0.239. The van der Waals surface area contributed by atoms with E-state index in [2.05, 4.69) is 9.84 Å². The van der Waals surface area contributed by atoms with Crippen molar-refractivity contribution >= 4 is 14.9 Å². The van der Waals surface area contributed by atoms with Crippen molar-refractivity contribution in [2.24, 2.45) is 0 Å². The van der Waals surface area contributed by atoms with E-state index < -0.39 is 71.5 Å². The lowest BCUT2D eigenvalue weighted by atomic mass is 10.1. The number of amides is 1. The van der Waals surface area contributed by atoms with Gasteiger partial charge in [-0.2, -0.15) is 0 Å². The predicted molar refractivity (Wildman–Crippen MR) is 91.2 cm³/mol. The van der Waals surface area contributed by atoms with Crippen molar-refractivity contribution in [2.45, 2.75) is 57.0 Å². The molecule has 156 valence electrons. The normalized spacial score (nSPS) is 19.1. The fraction of sp³-hybridized carbons (Fsp3) is 0.929. The van der Waals surface area contributed by atoms with Gasteiger partial charge in [0.05, 0.1) is 44.7 Å². The molecule has 11 nitrogen and oxygen atoms in total. The van der Waals surface area contributed by atoms with Crippen molar-refractivity contribution in [1.82, 2.24) is 5.32 Å². The molecule has 0 rings (SSSR count). The Balaban J connectivity index is 5.11. The average Bonchev–Trinajstić information content (AvgIpc) is 2.59. The zero-order valence-corrected chi connectivity index (χ0v) is 15.8. The molecule has 26 heavy (non-hydrogen) atoms. The molecule has 0 saturated carbocycles. The first-order valence-corrected chi connectivity index (χ1v) is 8.92. The van der Waals surface area contributed by atoms with Gasteiger partial charge in [0.1, 0.15) is 12.1 Å². The molecular weight excluding hydrogens is 373 g/mol. The monoisotopic (exact) mass is 403 g/mol. The van der Waals surface area contributed by atoms with E-state index in [1.807, 2.05) is 0 Å². The van der Waals surface area contributed by atoms with Crippen LogP contribution in [-0.4, -0.2) is 99.5 Å². The van der Waals surface area contributed by atoms with Crippen molar-refractivity contribution in [1.29, 1.82) is 0 Å². The first kappa shape index (κ1) is 25.5. The third kappa shape index (κ3) is 10.6. The van der Waals surface area contributed by atoms with Crippen LogP contribution >= 0.6 is 9.03 Å². The van der Waals surface area contributed by atoms with E-state index in [1.165, 1.54) is 13.8 Å². The van der Waals surface area contributed by atoms with Gasteiger partial charge in [0.25, 0.3) is 0 Å². The fourth-order valence-electron chi connectivity index (χ4n) is 2.03. The first-order chi connectivity index (χ1) is 12.3. The number of rotatable bonds is 15. The van der Waals surface area contributed by atoms with Crippen molar-refractivity contribution in [2.75, 3.05) is 26.4 Å². The van der Waals surface area contributed by atoms with Gasteiger partial charge in [-0.3, -0.25) is 4.79 Å². The van der Waals surface area contributed by atoms with Crippen LogP contribution in [0, 0.1) is 0 Å². The summed E-state index contributed by atoms with van der Waals surface area (Å²) in [5.74, 6) is -0.475. The molecule has 0 spiro atoms. The van der Waals surface area contributed by atoms with Gasteiger partial charge in [-0.25, -0.2) is 0 Å². The Morgan fingerprint density at radius 3 is 2.19 bits per heavy atom. The maximum absolute atomic E-state index is 11.3. The largest absolute Gasteiger partial charge is 0.394 e. The third-order valence-electron chi connectivity index (χ3n) is 3.35. The van der Waals surface area contributed by atoms with E-state index in [4.69, 9.17) is 14.4 Å². The Morgan fingerprint density at radius 1 is 1.12 bits per heavy atom. The Morgan fingerprint density at radius 2 is 1.77 bits per heavy atom. The zero-order chi connectivity index (χ0) is 20.1. The molecule has 0 heterocycles. The van der Waals surface area contributed by atoms with Crippen LogP contribution in [0.2, 0.25) is 0 Å². The van der Waals surface area contributed by atoms with Gasteiger partial charge in [-0.05, 0) is 6.92 Å². The molecule has 1 amide bonds. The molecular formula is C14H30NO10P. The first-order valence-electron chi connectivity index (χ1n) is 8.06. The number of carbonyl (C=O) groups is 1. The topological polar surface area (TPSA) is 178 Å². The number of hydrogen-bond acceptors (Lipinski definition) is 10. The van der Waals surface area contributed by atoms with Gasteiger partial charge >= 0.3 is 0 Å². The Kier molecular flexibility index (Phi) is 14.3. The maximum Gasteiger partial charge on any atom is 0.217 e. The average molecular weight is 403 g/mol. The molecule has 7 atom stereocenters. The fourth-order valence-corrected chi connectivity index (χ4v) is 2.30. The molecule has 0 bridgehead atoms. The number of hydrogen-bond donors (Lipinski definition) is 7. The number of ether oxygens (including phenoxy) is 2. The van der Waals surface area contributed by atoms with E-state index in [9.17, 15) is 30.3 Å². The highest BCUT2D eigenvalue weighted by atomic mass is 31.1. The highest BCUT2D eigenvalue weighted by Gasteiger charge is 2.31. The van der Waals surface area contributed by atoms with Crippen LogP contribution in [0.4, 0.5) is 0 Å². The van der Waals surface area contributed by atoms with E-state index in [0.29, 0.717) is 0 Å². The molecule has 0 aromatic carbocycles. The smallest absolute Gasteiger partial charge is 0.217 e. The Labute approximate surface area is 153 Å². The second-order valence-corrected chi connectivity index (χ2v) is 6.16. The van der Waals surface area contributed by atoms with Crippen LogP contribution in [0.15, 0.2) is 0 Å². The van der Waals surface area contributed by atoms with Gasteiger partial charge in [0, 0.05) is 13.3 Å². The number of nitrogens with one attached hydrogen (secondary N) is 1. The van der Waals surface area contributed by atoms with Crippen LogP contribution in [0.5, 0.6) is 0 Å². The number of aliphatic hydroxyl groups is 5. The van der Waals surface area contributed by atoms with Gasteiger partial charge in [-0.1, -0.05) is 0 Å². The van der Waals surface area contributed by atoms with E-state index in [-0.39, 0.29) is 13.0 Å². The molecule has 12 heteroatoms. The quantitative estimate of drug-likeness (QED) is 0.112. The predicted octanol–water partition coefficient (Wildman–Crippen LogP) is -2.79. The second kappa shape index (κ2) is 14.6. The highest BCUT2D eigenvalue weighted by Crippen LogP contribution is 2.15. The molecule has 0 aromatic heterocycles. The van der Waals surface area contributed by atoms with Crippen LogP contribution < -0.4 is 5.32 Å². The summed E-state index contributed by atoms with van der Waals surface area (Å²) in [6.45, 7) is 0.783. The van der Waals surface area contributed by atoms with Crippen LogP contribution in [0.3, 0.4) is 0 Å². The summed E-state index contributed by atoms with van der Waals surface area (Å²) in [5, 5.41) is 50.1. The van der Waals surface area contributed by atoms with E-state index in [0.717, 1.165) is 0 Å². The van der Waals surface area contributed by atoms with E-state index >= 15 is 0 Å². The minimum Gasteiger partial charge on any atom is -0.394 e. The van der Waals surface area contributed by atoms with Crippen molar-refractivity contribution in [3.63, 3.8) is 0 Å². The van der Waals surface area contributed by atoms with Gasteiger partial charge in [-0.15, -0.1) is 0 Å². The van der Waals surface area contributed by atoms with Crippen LogP contribution in [0.1, 0.15) is 20.3 Å². The molecule has 0 aliphatic carbocycles. The standard InChI is InChI=1S/C14H30NO10P/c1-8(19)13(6-18)25-14(12(5-17)15-9(2)20)24-11(4-16)3-10(21)7-23-26-22/h8,10-14,16-19,21-22,26H,3-7H2,1-2H3,(H,15,20)/t8-,10+,11-,12-,13?,14?/m0/s1. The van der Waals surface area contributed by atoms with Crippen LogP contribution in [-0.2, 0) is 18.8 Å². The summed E-state index contributed by atoms with van der Waals surface area (Å²) < 4.78 is 15.7. The minimum absolute atomic E-state index is 0.0858. The Hall–Kier alpha value is -0.460. The molecule has 7 N–H and O–H groups in total. The summed E-state index contributed by atoms with van der Waals surface area (Å²) in [6, 6.07) is -1.04. The second-order valence-electron chi connectivity index (χ2n) is 5.69. The number of aliphatic hydroxyl groups excluding tert-OH is 5. The summed E-state index contributed by atoms with van der Waals surface area (Å²) in [7, 11) is -0.794. The molecule has 0 fully saturated rings. The van der Waals surface area contributed by atoms with Crippen molar-refractivity contribution in [3.8, 4) is 0 Å². The Bertz CT molecular complexity index is 376.